The van der Waals surface area contributed by atoms with Crippen molar-refractivity contribution in [1.82, 2.24) is 4.90 Å². The largest absolute Gasteiger partial charge is 0.393 e. The molecule has 0 radical (unpaired) electrons. The molecule has 1 unspecified atom stereocenters. The number of hydrogen-bond acceptors (Lipinski definition) is 4. The van der Waals surface area contributed by atoms with Gasteiger partial charge in [0.1, 0.15) is 5.69 Å². The van der Waals surface area contributed by atoms with Gasteiger partial charge in [-0.2, -0.15) is 0 Å². The SMILES string of the molecule is CC(C)C1CCCN1C(=O)c1cccc([N+](=O)[O-])c1N. The highest BCUT2D eigenvalue weighted by Gasteiger charge is 2.33. The molecule has 0 aliphatic carbocycles. The smallest absolute Gasteiger partial charge is 0.292 e. The topological polar surface area (TPSA) is 89.5 Å². The Bertz CT molecular complexity index is 542. The summed E-state index contributed by atoms with van der Waals surface area (Å²) in [7, 11) is 0. The van der Waals surface area contributed by atoms with Gasteiger partial charge in [0, 0.05) is 18.7 Å². The fourth-order valence-corrected chi connectivity index (χ4v) is 2.79. The van der Waals surface area contributed by atoms with Crippen molar-refractivity contribution in [3.05, 3.63) is 33.9 Å². The number of anilines is 1. The van der Waals surface area contributed by atoms with Crippen molar-refractivity contribution in [2.75, 3.05) is 12.3 Å². The van der Waals surface area contributed by atoms with Crippen LogP contribution in [0.25, 0.3) is 0 Å². The predicted molar refractivity (Wildman–Crippen MR) is 76.4 cm³/mol. The van der Waals surface area contributed by atoms with Gasteiger partial charge in [-0.1, -0.05) is 19.9 Å². The summed E-state index contributed by atoms with van der Waals surface area (Å²) in [5, 5.41) is 10.9. The molecule has 6 nitrogen and oxygen atoms in total. The molecule has 20 heavy (non-hydrogen) atoms. The van der Waals surface area contributed by atoms with Gasteiger partial charge in [0.25, 0.3) is 11.6 Å². The molecule has 1 atom stereocenters. The number of nitrogen functional groups attached to an aromatic ring is 1. The number of nitrogens with zero attached hydrogens (tertiary/aromatic N) is 2. The van der Waals surface area contributed by atoms with E-state index >= 15 is 0 Å². The highest BCUT2D eigenvalue weighted by atomic mass is 16.6. The predicted octanol–water partition coefficient (Wildman–Crippen LogP) is 2.44. The molecule has 1 aliphatic heterocycles. The number of carbonyl (C=O) groups excluding carboxylic acids is 1. The number of rotatable bonds is 3. The van der Waals surface area contributed by atoms with E-state index in [1.54, 1.807) is 11.0 Å². The first-order valence-electron chi connectivity index (χ1n) is 6.77. The van der Waals surface area contributed by atoms with Crippen LogP contribution in [0.5, 0.6) is 0 Å². The maximum atomic E-state index is 12.6. The summed E-state index contributed by atoms with van der Waals surface area (Å²) in [6.07, 6.45) is 1.93. The molecule has 1 aromatic carbocycles. The summed E-state index contributed by atoms with van der Waals surface area (Å²) in [4.78, 5) is 24.7. The molecular weight excluding hydrogens is 258 g/mol. The van der Waals surface area contributed by atoms with Crippen LogP contribution in [-0.4, -0.2) is 28.3 Å². The molecule has 1 amide bonds. The molecule has 6 heteroatoms. The maximum absolute atomic E-state index is 12.6. The molecule has 2 rings (SSSR count). The Kier molecular flexibility index (Phi) is 3.92. The fraction of sp³-hybridized carbons (Fsp3) is 0.500. The molecule has 1 fully saturated rings. The Morgan fingerprint density at radius 3 is 2.80 bits per heavy atom. The zero-order chi connectivity index (χ0) is 14.9. The third-order valence-electron chi connectivity index (χ3n) is 3.84. The van der Waals surface area contributed by atoms with Crippen LogP contribution in [0.2, 0.25) is 0 Å². The Hall–Kier alpha value is -2.11. The second-order valence-corrected chi connectivity index (χ2v) is 5.45. The van der Waals surface area contributed by atoms with Gasteiger partial charge in [-0.05, 0) is 24.8 Å². The lowest BCUT2D eigenvalue weighted by Crippen LogP contribution is -2.38. The number of nitro groups is 1. The highest BCUT2D eigenvalue weighted by Crippen LogP contribution is 2.30. The number of nitro benzene ring substituents is 1. The van der Waals surface area contributed by atoms with E-state index in [2.05, 4.69) is 13.8 Å². The van der Waals surface area contributed by atoms with Crippen LogP contribution in [-0.2, 0) is 0 Å². The summed E-state index contributed by atoms with van der Waals surface area (Å²) in [6, 6.07) is 4.56. The first-order chi connectivity index (χ1) is 9.43. The van der Waals surface area contributed by atoms with E-state index in [4.69, 9.17) is 5.73 Å². The lowest BCUT2D eigenvalue weighted by Gasteiger charge is -2.28. The third kappa shape index (κ3) is 2.45. The van der Waals surface area contributed by atoms with Gasteiger partial charge < -0.3 is 10.6 Å². The summed E-state index contributed by atoms with van der Waals surface area (Å²) < 4.78 is 0. The summed E-state index contributed by atoms with van der Waals surface area (Å²) >= 11 is 0. The molecule has 108 valence electrons. The van der Waals surface area contributed by atoms with Crippen LogP contribution in [0.1, 0.15) is 37.0 Å². The summed E-state index contributed by atoms with van der Waals surface area (Å²) in [5.41, 5.74) is 5.76. The molecule has 0 saturated carbocycles. The van der Waals surface area contributed by atoms with Gasteiger partial charge in [0.05, 0.1) is 10.5 Å². The average molecular weight is 277 g/mol. The number of hydrogen-bond donors (Lipinski definition) is 1. The molecule has 0 aromatic heterocycles. The molecule has 1 heterocycles. The van der Waals surface area contributed by atoms with E-state index in [-0.39, 0.29) is 28.9 Å². The quantitative estimate of drug-likeness (QED) is 0.522. The molecule has 2 N–H and O–H groups in total. The first kappa shape index (κ1) is 14.3. The second kappa shape index (κ2) is 5.48. The lowest BCUT2D eigenvalue weighted by molar-refractivity contribution is -0.383. The molecule has 1 saturated heterocycles. The number of nitrogens with two attached hydrogens (primary N) is 1. The van der Waals surface area contributed by atoms with Crippen LogP contribution < -0.4 is 5.73 Å². The van der Waals surface area contributed by atoms with E-state index < -0.39 is 4.92 Å². The van der Waals surface area contributed by atoms with Crippen molar-refractivity contribution < 1.29 is 9.72 Å². The van der Waals surface area contributed by atoms with Crippen LogP contribution in [0.15, 0.2) is 18.2 Å². The van der Waals surface area contributed by atoms with E-state index in [1.807, 2.05) is 0 Å². The average Bonchev–Trinajstić information content (AvgIpc) is 2.87. The van der Waals surface area contributed by atoms with Crippen LogP contribution >= 0.6 is 0 Å². The van der Waals surface area contributed by atoms with Gasteiger partial charge in [0.15, 0.2) is 0 Å². The van der Waals surface area contributed by atoms with Crippen molar-refractivity contribution in [2.24, 2.45) is 5.92 Å². The van der Waals surface area contributed by atoms with Crippen molar-refractivity contribution in [1.29, 1.82) is 0 Å². The van der Waals surface area contributed by atoms with E-state index in [1.165, 1.54) is 12.1 Å². The molecule has 1 aromatic rings. The minimum atomic E-state index is -0.560. The highest BCUT2D eigenvalue weighted by molar-refractivity contribution is 6.01. The molecule has 0 spiro atoms. The van der Waals surface area contributed by atoms with Gasteiger partial charge in [0.2, 0.25) is 0 Å². The molecular formula is C14H19N3O3. The Labute approximate surface area is 117 Å². The number of benzene rings is 1. The van der Waals surface area contributed by atoms with E-state index in [0.29, 0.717) is 12.5 Å². The standard InChI is InChI=1S/C14H19N3O3/c1-9(2)11-7-4-8-16(11)14(18)10-5-3-6-12(13(10)15)17(19)20/h3,5-6,9,11H,4,7-8,15H2,1-2H3. The lowest BCUT2D eigenvalue weighted by atomic mass is 10.0. The summed E-state index contributed by atoms with van der Waals surface area (Å²) in [6.45, 7) is 4.84. The van der Waals surface area contributed by atoms with Gasteiger partial charge in [-0.15, -0.1) is 0 Å². The third-order valence-corrected chi connectivity index (χ3v) is 3.84. The van der Waals surface area contributed by atoms with Crippen LogP contribution in [0.3, 0.4) is 0 Å². The maximum Gasteiger partial charge on any atom is 0.292 e. The Morgan fingerprint density at radius 2 is 2.20 bits per heavy atom. The minimum Gasteiger partial charge on any atom is -0.393 e. The molecule has 1 aliphatic rings. The molecule has 0 bridgehead atoms. The fourth-order valence-electron chi connectivity index (χ4n) is 2.79. The van der Waals surface area contributed by atoms with Gasteiger partial charge >= 0.3 is 0 Å². The van der Waals surface area contributed by atoms with E-state index in [0.717, 1.165) is 12.8 Å². The Balaban J connectivity index is 2.34. The van der Waals surface area contributed by atoms with Crippen molar-refractivity contribution in [3.63, 3.8) is 0 Å². The number of para-hydroxylation sites is 1. The van der Waals surface area contributed by atoms with Crippen molar-refractivity contribution in [2.45, 2.75) is 32.7 Å². The van der Waals surface area contributed by atoms with Crippen molar-refractivity contribution in [3.8, 4) is 0 Å². The van der Waals surface area contributed by atoms with Crippen LogP contribution in [0, 0.1) is 16.0 Å². The summed E-state index contributed by atoms with van der Waals surface area (Å²) in [5.74, 6) is 0.156. The number of carbonyl (C=O) groups is 1. The number of likely N-dealkylation sites (tertiary alicyclic amines) is 1. The van der Waals surface area contributed by atoms with Gasteiger partial charge in [-0.25, -0.2) is 0 Å². The first-order valence-corrected chi connectivity index (χ1v) is 6.77. The monoisotopic (exact) mass is 277 g/mol. The van der Waals surface area contributed by atoms with E-state index in [9.17, 15) is 14.9 Å². The minimum absolute atomic E-state index is 0.0445. The van der Waals surface area contributed by atoms with Crippen LogP contribution in [0.4, 0.5) is 11.4 Å². The zero-order valence-corrected chi connectivity index (χ0v) is 11.7. The van der Waals surface area contributed by atoms with Gasteiger partial charge in [-0.3, -0.25) is 14.9 Å². The normalized spacial score (nSPS) is 18.6. The zero-order valence-electron chi connectivity index (χ0n) is 11.7. The second-order valence-electron chi connectivity index (χ2n) is 5.45. The number of amides is 1. The Morgan fingerprint density at radius 1 is 1.50 bits per heavy atom. The van der Waals surface area contributed by atoms with Crippen molar-refractivity contribution >= 4 is 17.3 Å².